The van der Waals surface area contributed by atoms with Gasteiger partial charge in [0.1, 0.15) is 11.7 Å². The van der Waals surface area contributed by atoms with Crippen LogP contribution in [0.15, 0.2) is 30.3 Å². The minimum Gasteiger partial charge on any atom is -0.444 e. The molecule has 0 unspecified atom stereocenters. The molecule has 1 aromatic rings. The largest absolute Gasteiger partial charge is 0.444 e. The highest BCUT2D eigenvalue weighted by Gasteiger charge is 2.34. The summed E-state index contributed by atoms with van der Waals surface area (Å²) in [6.07, 6.45) is 0.474. The average Bonchev–Trinajstić information content (AvgIpc) is 3.10. The van der Waals surface area contributed by atoms with E-state index < -0.39 is 5.60 Å². The van der Waals surface area contributed by atoms with E-state index in [1.54, 1.807) is 0 Å². The molecule has 1 aromatic carbocycles. The number of hydrogen-bond donors (Lipinski definition) is 1. The van der Waals surface area contributed by atoms with Gasteiger partial charge in [0.25, 0.3) is 0 Å². The van der Waals surface area contributed by atoms with Gasteiger partial charge in [-0.15, -0.1) is 0 Å². The smallest absolute Gasteiger partial charge is 0.407 e. The second-order valence-corrected chi connectivity index (χ2v) is 5.81. The third kappa shape index (κ3) is 4.91. The van der Waals surface area contributed by atoms with E-state index in [1.165, 1.54) is 5.56 Å². The lowest BCUT2D eigenvalue weighted by molar-refractivity contribution is 0.0495. The second-order valence-electron chi connectivity index (χ2n) is 5.81. The van der Waals surface area contributed by atoms with Gasteiger partial charge in [-0.1, -0.05) is 30.3 Å². The van der Waals surface area contributed by atoms with E-state index in [1.807, 2.05) is 51.1 Å². The Morgan fingerprint density at radius 3 is 2.58 bits per heavy atom. The number of amides is 1. The maximum absolute atomic E-state index is 11.8. The van der Waals surface area contributed by atoms with Gasteiger partial charge in [-0.05, 0) is 32.8 Å². The molecule has 1 aliphatic heterocycles. The zero-order valence-corrected chi connectivity index (χ0v) is 11.7. The Bertz CT molecular complexity index is 421. The maximum Gasteiger partial charge on any atom is 0.407 e. The van der Waals surface area contributed by atoms with E-state index in [0.717, 1.165) is 6.42 Å². The molecule has 0 aromatic heterocycles. The van der Waals surface area contributed by atoms with Gasteiger partial charge in [0, 0.05) is 0 Å². The van der Waals surface area contributed by atoms with E-state index in [4.69, 9.17) is 9.47 Å². The van der Waals surface area contributed by atoms with Gasteiger partial charge in [-0.3, -0.25) is 0 Å². The molecule has 1 N–H and O–H groups in total. The van der Waals surface area contributed by atoms with E-state index in [2.05, 4.69) is 5.32 Å². The van der Waals surface area contributed by atoms with Crippen molar-refractivity contribution in [3.63, 3.8) is 0 Å². The summed E-state index contributed by atoms with van der Waals surface area (Å²) in [6, 6.07) is 10.0. The van der Waals surface area contributed by atoms with E-state index in [0.29, 0.717) is 6.61 Å². The Balaban J connectivity index is 1.92. The molecule has 2 atom stereocenters. The van der Waals surface area contributed by atoms with E-state index >= 15 is 0 Å². The van der Waals surface area contributed by atoms with Gasteiger partial charge in [0.05, 0.1) is 12.6 Å². The number of carbonyl (C=O) groups excluding carboxylic acids is 1. The molecule has 0 bridgehead atoms. The molecule has 4 nitrogen and oxygen atoms in total. The summed E-state index contributed by atoms with van der Waals surface area (Å²) < 4.78 is 10.6. The van der Waals surface area contributed by atoms with Gasteiger partial charge in [-0.2, -0.15) is 0 Å². The van der Waals surface area contributed by atoms with Gasteiger partial charge >= 0.3 is 6.09 Å². The standard InChI is InChI=1S/C15H21NO3/c1-15(2,3)19-14(17)16-12(13-10-18-13)9-11-7-5-4-6-8-11/h4-8,12-13H,9-10H2,1-3H3,(H,16,17)/t12-,13-/m0/s1/i4+1,5+1,6+1,7+1,8+1,11+1. The Labute approximate surface area is 114 Å². The van der Waals surface area contributed by atoms with Crippen LogP contribution in [-0.4, -0.2) is 30.4 Å². The highest BCUT2D eigenvalue weighted by Crippen LogP contribution is 2.18. The summed E-state index contributed by atoms with van der Waals surface area (Å²) in [4.78, 5) is 11.8. The van der Waals surface area contributed by atoms with Gasteiger partial charge in [0.15, 0.2) is 0 Å². The molecule has 2 rings (SSSR count). The Kier molecular flexibility index (Phi) is 4.10. The third-order valence-corrected chi connectivity index (χ3v) is 2.81. The van der Waals surface area contributed by atoms with Crippen LogP contribution in [0.1, 0.15) is 26.3 Å². The average molecular weight is 269 g/mol. The summed E-state index contributed by atoms with van der Waals surface area (Å²) in [5.74, 6) is 0. The fourth-order valence-electron chi connectivity index (χ4n) is 1.89. The molecule has 0 saturated carbocycles. The molecule has 1 saturated heterocycles. The lowest BCUT2D eigenvalue weighted by Crippen LogP contribution is -2.43. The molecular weight excluding hydrogens is 248 g/mol. The van der Waals surface area contributed by atoms with Crippen LogP contribution < -0.4 is 5.32 Å². The first-order valence-electron chi connectivity index (χ1n) is 6.59. The van der Waals surface area contributed by atoms with Crippen molar-refractivity contribution in [2.75, 3.05) is 6.61 Å². The van der Waals surface area contributed by atoms with Crippen LogP contribution in [0.25, 0.3) is 0 Å². The normalized spacial score (nSPS) is 19.6. The van der Waals surface area contributed by atoms with Crippen LogP contribution in [-0.2, 0) is 15.9 Å². The molecule has 1 fully saturated rings. The number of hydrogen-bond acceptors (Lipinski definition) is 3. The van der Waals surface area contributed by atoms with Crippen LogP contribution in [0, 0.1) is 0 Å². The van der Waals surface area contributed by atoms with Crippen LogP contribution in [0.3, 0.4) is 0 Å². The summed E-state index contributed by atoms with van der Waals surface area (Å²) in [6.45, 7) is 6.26. The first-order chi connectivity index (χ1) is 8.94. The van der Waals surface area contributed by atoms with Gasteiger partial charge < -0.3 is 14.8 Å². The second kappa shape index (κ2) is 5.61. The first-order valence-corrected chi connectivity index (χ1v) is 6.59. The molecule has 0 radical (unpaired) electrons. The molecule has 1 aliphatic rings. The van der Waals surface area contributed by atoms with Crippen molar-refractivity contribution in [3.8, 4) is 0 Å². The summed E-state index contributed by atoms with van der Waals surface area (Å²) in [5, 5.41) is 2.90. The Morgan fingerprint density at radius 1 is 1.42 bits per heavy atom. The SMILES string of the molecule is CC(C)(C)OC(=O)N[C@@H](C[13c]1[13cH][13cH][13cH][13cH][13cH]1)[C@@H]1CO1. The molecular formula is C15H21NO3. The number of benzene rings is 1. The van der Waals surface area contributed by atoms with Crippen molar-refractivity contribution < 1.29 is 14.3 Å². The minimum absolute atomic E-state index is 0.0303. The molecule has 1 heterocycles. The van der Waals surface area contributed by atoms with Crippen molar-refractivity contribution >= 4 is 6.09 Å². The zero-order valence-electron chi connectivity index (χ0n) is 11.7. The number of carbonyl (C=O) groups is 1. The Morgan fingerprint density at radius 2 is 2.05 bits per heavy atom. The number of alkyl carbamates (subject to hydrolysis) is 1. The number of rotatable bonds is 4. The summed E-state index contributed by atoms with van der Waals surface area (Å²) >= 11 is 0. The highest BCUT2D eigenvalue weighted by molar-refractivity contribution is 5.68. The number of nitrogens with one attached hydrogen (secondary N) is 1. The van der Waals surface area contributed by atoms with Crippen LogP contribution >= 0.6 is 0 Å². The molecule has 104 valence electrons. The Hall–Kier alpha value is -1.55. The van der Waals surface area contributed by atoms with Crippen molar-refractivity contribution in [2.45, 2.75) is 44.9 Å². The lowest BCUT2D eigenvalue weighted by atomic mass is 10.2. The van der Waals surface area contributed by atoms with E-state index in [-0.39, 0.29) is 18.2 Å². The monoisotopic (exact) mass is 269 g/mol. The first kappa shape index (κ1) is 13.9. The van der Waals surface area contributed by atoms with Crippen molar-refractivity contribution in [1.82, 2.24) is 5.32 Å². The van der Waals surface area contributed by atoms with Crippen molar-refractivity contribution in [2.24, 2.45) is 0 Å². The van der Waals surface area contributed by atoms with Crippen LogP contribution in [0.5, 0.6) is 0 Å². The fraction of sp³-hybridized carbons (Fsp3) is 0.533. The summed E-state index contributed by atoms with van der Waals surface area (Å²) in [5.41, 5.74) is 0.699. The predicted molar refractivity (Wildman–Crippen MR) is 73.0 cm³/mol. The van der Waals surface area contributed by atoms with E-state index in [9.17, 15) is 4.79 Å². The fourth-order valence-corrected chi connectivity index (χ4v) is 1.89. The summed E-state index contributed by atoms with van der Waals surface area (Å²) in [7, 11) is 0. The lowest BCUT2D eigenvalue weighted by Gasteiger charge is -2.23. The topological polar surface area (TPSA) is 50.9 Å². The van der Waals surface area contributed by atoms with Gasteiger partial charge in [0.2, 0.25) is 0 Å². The van der Waals surface area contributed by atoms with Crippen molar-refractivity contribution in [1.29, 1.82) is 0 Å². The minimum atomic E-state index is -0.480. The number of ether oxygens (including phenoxy) is 2. The third-order valence-electron chi connectivity index (χ3n) is 2.81. The zero-order chi connectivity index (χ0) is 13.9. The van der Waals surface area contributed by atoms with Crippen LogP contribution in [0.4, 0.5) is 4.79 Å². The maximum atomic E-state index is 11.8. The van der Waals surface area contributed by atoms with Gasteiger partial charge in [-0.25, -0.2) is 4.79 Å². The molecule has 0 spiro atoms. The molecule has 1 amide bonds. The molecule has 0 aliphatic carbocycles. The molecule has 19 heavy (non-hydrogen) atoms. The molecule has 4 heteroatoms. The quantitative estimate of drug-likeness (QED) is 0.854. The van der Waals surface area contributed by atoms with Crippen LogP contribution in [0.2, 0.25) is 0 Å². The van der Waals surface area contributed by atoms with Crippen molar-refractivity contribution in [3.05, 3.63) is 35.9 Å². The number of epoxide rings is 1. The highest BCUT2D eigenvalue weighted by atomic mass is 16.6. The predicted octanol–water partition coefficient (Wildman–Crippen LogP) is 2.52.